The van der Waals surface area contributed by atoms with Gasteiger partial charge in [-0.2, -0.15) is 0 Å². The van der Waals surface area contributed by atoms with Crippen LogP contribution in [0, 0.1) is 6.92 Å². The van der Waals surface area contributed by atoms with Gasteiger partial charge in [0.25, 0.3) is 0 Å². The van der Waals surface area contributed by atoms with Crippen molar-refractivity contribution >= 4 is 17.7 Å². The number of aryl methyl sites for hydroxylation is 1. The molecule has 3 rings (SSSR count). The zero-order valence-electron chi connectivity index (χ0n) is 16.9. The van der Waals surface area contributed by atoms with E-state index in [2.05, 4.69) is 4.98 Å². The minimum absolute atomic E-state index is 0.250. The van der Waals surface area contributed by atoms with Gasteiger partial charge in [0.2, 0.25) is 5.88 Å². The summed E-state index contributed by atoms with van der Waals surface area (Å²) in [6.45, 7) is 8.94. The lowest BCUT2D eigenvalue weighted by atomic mass is 9.90. The number of pyridine rings is 1. The molecule has 1 amide bonds. The fourth-order valence-corrected chi connectivity index (χ4v) is 3.57. The van der Waals surface area contributed by atoms with Crippen molar-refractivity contribution in [3.63, 3.8) is 0 Å². The Morgan fingerprint density at radius 3 is 2.57 bits per heavy atom. The molecule has 1 fully saturated rings. The first-order valence-electron chi connectivity index (χ1n) is 9.60. The maximum Gasteiger partial charge on any atom is 0.410 e. The molecule has 1 aromatic heterocycles. The Balaban J connectivity index is 1.69. The topological polar surface area (TPSA) is 51.7 Å². The molecule has 0 unspecified atom stereocenters. The number of aromatic nitrogens is 1. The van der Waals surface area contributed by atoms with Gasteiger partial charge in [0.15, 0.2) is 0 Å². The highest BCUT2D eigenvalue weighted by Crippen LogP contribution is 2.37. The first kappa shape index (κ1) is 20.5. The van der Waals surface area contributed by atoms with Gasteiger partial charge in [0.1, 0.15) is 11.4 Å². The molecule has 6 heteroatoms. The van der Waals surface area contributed by atoms with Crippen LogP contribution in [-0.4, -0.2) is 34.7 Å². The number of hydrogen-bond donors (Lipinski definition) is 0. The number of ether oxygens (including phenoxy) is 2. The monoisotopic (exact) mass is 402 g/mol. The van der Waals surface area contributed by atoms with Crippen LogP contribution in [-0.2, 0) is 4.74 Å². The van der Waals surface area contributed by atoms with E-state index >= 15 is 0 Å². The molecule has 0 aliphatic carbocycles. The molecule has 1 saturated heterocycles. The molecule has 0 spiro atoms. The third-order valence-electron chi connectivity index (χ3n) is 4.68. The average molecular weight is 403 g/mol. The Morgan fingerprint density at radius 2 is 1.93 bits per heavy atom. The summed E-state index contributed by atoms with van der Waals surface area (Å²) in [5, 5.41) is 0.566. The van der Waals surface area contributed by atoms with Crippen LogP contribution in [0.1, 0.15) is 50.7 Å². The zero-order valence-corrected chi connectivity index (χ0v) is 17.6. The predicted molar refractivity (Wildman–Crippen MR) is 110 cm³/mol. The van der Waals surface area contributed by atoms with Crippen molar-refractivity contribution in [2.75, 3.05) is 13.1 Å². The number of carbonyl (C=O) groups is 1. The molecule has 2 heterocycles. The van der Waals surface area contributed by atoms with Gasteiger partial charge in [-0.3, -0.25) is 0 Å². The summed E-state index contributed by atoms with van der Waals surface area (Å²) in [6.07, 6.45) is 3.14. The van der Waals surface area contributed by atoms with Crippen LogP contribution < -0.4 is 4.74 Å². The summed E-state index contributed by atoms with van der Waals surface area (Å²) >= 11 is 6.31. The number of nitrogens with zero attached hydrogens (tertiary/aromatic N) is 2. The van der Waals surface area contributed by atoms with Crippen molar-refractivity contribution in [1.29, 1.82) is 0 Å². The van der Waals surface area contributed by atoms with E-state index in [0.29, 0.717) is 29.7 Å². The molecular formula is C22H27ClN2O3. The summed E-state index contributed by atoms with van der Waals surface area (Å²) < 4.78 is 11.5. The van der Waals surface area contributed by atoms with Gasteiger partial charge in [0.05, 0.1) is 5.02 Å². The largest absolute Gasteiger partial charge is 0.444 e. The third-order valence-corrected chi connectivity index (χ3v) is 4.98. The van der Waals surface area contributed by atoms with Crippen molar-refractivity contribution in [2.24, 2.45) is 0 Å². The molecule has 2 aromatic rings. The molecule has 0 atom stereocenters. The van der Waals surface area contributed by atoms with Crippen molar-refractivity contribution in [3.05, 3.63) is 52.7 Å². The lowest BCUT2D eigenvalue weighted by molar-refractivity contribution is 0.0204. The number of rotatable bonds is 3. The van der Waals surface area contributed by atoms with Gasteiger partial charge in [-0.25, -0.2) is 9.78 Å². The van der Waals surface area contributed by atoms with E-state index in [9.17, 15) is 4.79 Å². The van der Waals surface area contributed by atoms with Crippen molar-refractivity contribution in [1.82, 2.24) is 9.88 Å². The van der Waals surface area contributed by atoms with Crippen LogP contribution in [0.3, 0.4) is 0 Å². The van der Waals surface area contributed by atoms with E-state index < -0.39 is 5.60 Å². The van der Waals surface area contributed by atoms with E-state index in [4.69, 9.17) is 21.1 Å². The minimum atomic E-state index is -0.481. The maximum atomic E-state index is 12.3. The lowest BCUT2D eigenvalue weighted by Crippen LogP contribution is -2.41. The quantitative estimate of drug-likeness (QED) is 0.636. The van der Waals surface area contributed by atoms with E-state index in [1.54, 1.807) is 11.1 Å². The number of carbonyl (C=O) groups excluding carboxylic acids is 1. The van der Waals surface area contributed by atoms with Crippen molar-refractivity contribution in [2.45, 2.75) is 52.1 Å². The van der Waals surface area contributed by atoms with Gasteiger partial charge < -0.3 is 14.4 Å². The molecular weight excluding hydrogens is 376 g/mol. The summed E-state index contributed by atoms with van der Waals surface area (Å²) in [7, 11) is 0. The van der Waals surface area contributed by atoms with Gasteiger partial charge >= 0.3 is 6.09 Å². The van der Waals surface area contributed by atoms with Gasteiger partial charge in [-0.15, -0.1) is 0 Å². The Kier molecular flexibility index (Phi) is 6.14. The predicted octanol–water partition coefficient (Wildman–Crippen LogP) is 5.95. The molecule has 0 saturated carbocycles. The SMILES string of the molecule is Cc1ccc(Oc2ncccc2C2CCN(C(=O)OC(C)(C)C)CC2)c(Cl)c1. The number of hydrogen-bond acceptors (Lipinski definition) is 4. The van der Waals surface area contributed by atoms with Crippen LogP contribution in [0.4, 0.5) is 4.79 Å². The number of piperidine rings is 1. The molecule has 1 aliphatic rings. The molecule has 5 nitrogen and oxygen atoms in total. The Labute approximate surface area is 171 Å². The van der Waals surface area contributed by atoms with Crippen LogP contribution in [0.25, 0.3) is 0 Å². The summed E-state index contributed by atoms with van der Waals surface area (Å²) in [5.41, 5.74) is 1.64. The number of amides is 1. The highest BCUT2D eigenvalue weighted by molar-refractivity contribution is 6.32. The van der Waals surface area contributed by atoms with Gasteiger partial charge in [-0.05, 0) is 70.2 Å². The molecule has 150 valence electrons. The fourth-order valence-electron chi connectivity index (χ4n) is 3.29. The Morgan fingerprint density at radius 1 is 1.21 bits per heavy atom. The number of halogens is 1. The van der Waals surface area contributed by atoms with Crippen LogP contribution in [0.2, 0.25) is 5.02 Å². The second-order valence-electron chi connectivity index (χ2n) is 8.18. The maximum absolute atomic E-state index is 12.3. The molecule has 0 bridgehead atoms. The fraction of sp³-hybridized carbons (Fsp3) is 0.455. The van der Waals surface area contributed by atoms with E-state index in [1.807, 2.05) is 58.0 Å². The molecule has 1 aliphatic heterocycles. The molecule has 0 radical (unpaired) electrons. The first-order chi connectivity index (χ1) is 13.2. The summed E-state index contributed by atoms with van der Waals surface area (Å²) in [5.74, 6) is 1.44. The second kappa shape index (κ2) is 8.39. The smallest absolute Gasteiger partial charge is 0.410 e. The van der Waals surface area contributed by atoms with Gasteiger partial charge in [-0.1, -0.05) is 23.7 Å². The third kappa shape index (κ3) is 5.16. The Hall–Kier alpha value is -2.27. The van der Waals surface area contributed by atoms with Gasteiger partial charge in [0, 0.05) is 24.8 Å². The van der Waals surface area contributed by atoms with E-state index in [1.165, 1.54) is 0 Å². The van der Waals surface area contributed by atoms with Crippen molar-refractivity contribution < 1.29 is 14.3 Å². The Bertz CT molecular complexity index is 840. The normalized spacial score (nSPS) is 15.4. The van der Waals surface area contributed by atoms with Crippen LogP contribution in [0.15, 0.2) is 36.5 Å². The van der Waals surface area contributed by atoms with E-state index in [-0.39, 0.29) is 12.0 Å². The highest BCUT2D eigenvalue weighted by Gasteiger charge is 2.29. The van der Waals surface area contributed by atoms with Crippen LogP contribution >= 0.6 is 11.6 Å². The lowest BCUT2D eigenvalue weighted by Gasteiger charge is -2.33. The van der Waals surface area contributed by atoms with E-state index in [0.717, 1.165) is 24.0 Å². The highest BCUT2D eigenvalue weighted by atomic mass is 35.5. The molecule has 28 heavy (non-hydrogen) atoms. The number of likely N-dealkylation sites (tertiary alicyclic amines) is 1. The average Bonchev–Trinajstić information content (AvgIpc) is 2.63. The van der Waals surface area contributed by atoms with Crippen LogP contribution in [0.5, 0.6) is 11.6 Å². The standard InChI is InChI=1S/C22H27ClN2O3/c1-15-7-8-19(18(23)14-15)27-20-17(6-5-11-24-20)16-9-12-25(13-10-16)21(26)28-22(2,3)4/h5-8,11,14,16H,9-10,12-13H2,1-4H3. The number of benzene rings is 1. The first-order valence-corrected chi connectivity index (χ1v) is 9.97. The van der Waals surface area contributed by atoms with Crippen molar-refractivity contribution in [3.8, 4) is 11.6 Å². The summed E-state index contributed by atoms with van der Waals surface area (Å²) in [6, 6.07) is 9.65. The second-order valence-corrected chi connectivity index (χ2v) is 8.58. The zero-order chi connectivity index (χ0) is 20.3. The molecule has 1 aromatic carbocycles. The minimum Gasteiger partial charge on any atom is -0.444 e. The summed E-state index contributed by atoms with van der Waals surface area (Å²) in [4.78, 5) is 18.5. The molecule has 0 N–H and O–H groups in total.